The third kappa shape index (κ3) is 4.73. The lowest BCUT2D eigenvalue weighted by atomic mass is 10.1. The van der Waals surface area contributed by atoms with Crippen LogP contribution in [0.2, 0.25) is 0 Å². The molecule has 1 atom stereocenters. The van der Waals surface area contributed by atoms with Crippen molar-refractivity contribution in [2.75, 3.05) is 20.4 Å². The van der Waals surface area contributed by atoms with Crippen molar-refractivity contribution in [3.63, 3.8) is 0 Å². The van der Waals surface area contributed by atoms with Gasteiger partial charge in [0.2, 0.25) is 21.1 Å². The second-order valence-electron chi connectivity index (χ2n) is 7.39. The molecule has 9 nitrogen and oxygen atoms in total. The number of carbonyl (C=O) groups is 1. The van der Waals surface area contributed by atoms with E-state index in [-0.39, 0.29) is 23.3 Å². The quantitative estimate of drug-likeness (QED) is 0.536. The first kappa shape index (κ1) is 23.2. The van der Waals surface area contributed by atoms with Crippen LogP contribution < -0.4 is 5.32 Å². The summed E-state index contributed by atoms with van der Waals surface area (Å²) in [6.07, 6.45) is 2.06. The maximum atomic E-state index is 12.7. The fourth-order valence-electron chi connectivity index (χ4n) is 3.21. The van der Waals surface area contributed by atoms with Crippen molar-refractivity contribution >= 4 is 33.5 Å². The molecule has 2 aromatic heterocycles. The number of hydrogen-bond acceptors (Lipinski definition) is 7. The summed E-state index contributed by atoms with van der Waals surface area (Å²) in [5.74, 6) is 0.361. The average Bonchev–Trinajstić information content (AvgIpc) is 3.14. The molecule has 3 aromatic rings. The van der Waals surface area contributed by atoms with Gasteiger partial charge >= 0.3 is 0 Å². The zero-order valence-corrected chi connectivity index (χ0v) is 20.0. The minimum atomic E-state index is -3.49. The molecular weight excluding hydrogens is 436 g/mol. The van der Waals surface area contributed by atoms with Crippen LogP contribution in [0.5, 0.6) is 0 Å². The van der Waals surface area contributed by atoms with E-state index in [9.17, 15) is 13.2 Å². The molecule has 2 heterocycles. The number of fused-ring (bicyclic) bond motifs is 1. The zero-order chi connectivity index (χ0) is 22.9. The Bertz CT molecular complexity index is 1220. The Morgan fingerprint density at radius 2 is 1.84 bits per heavy atom. The van der Waals surface area contributed by atoms with Crippen LogP contribution >= 0.6 is 11.8 Å². The molecule has 0 saturated carbocycles. The predicted octanol–water partition coefficient (Wildman–Crippen LogP) is 2.13. The number of rotatable bonds is 7. The number of hydrogen-bond donors (Lipinski definition) is 1. The molecule has 1 N–H and O–H groups in total. The maximum Gasteiger partial charge on any atom is 0.253 e. The Balaban J connectivity index is 1.75. The van der Waals surface area contributed by atoms with Gasteiger partial charge in [-0.25, -0.2) is 22.2 Å². The third-order valence-corrected chi connectivity index (χ3v) is 7.45. The van der Waals surface area contributed by atoms with E-state index in [1.807, 2.05) is 27.0 Å². The van der Waals surface area contributed by atoms with Gasteiger partial charge in [0.15, 0.2) is 0 Å². The van der Waals surface area contributed by atoms with E-state index in [4.69, 9.17) is 0 Å². The van der Waals surface area contributed by atoms with Gasteiger partial charge in [0, 0.05) is 31.0 Å². The lowest BCUT2D eigenvalue weighted by Gasteiger charge is -2.17. The van der Waals surface area contributed by atoms with Crippen LogP contribution in [0.25, 0.3) is 5.78 Å². The Morgan fingerprint density at radius 3 is 2.42 bits per heavy atom. The lowest BCUT2D eigenvalue weighted by Crippen LogP contribution is -2.29. The molecule has 0 bridgehead atoms. The van der Waals surface area contributed by atoms with E-state index in [0.29, 0.717) is 10.9 Å². The normalized spacial score (nSPS) is 13.0. The van der Waals surface area contributed by atoms with Crippen LogP contribution in [0.1, 0.15) is 35.5 Å². The molecule has 0 fully saturated rings. The molecule has 0 aliphatic heterocycles. The molecule has 166 valence electrons. The molecule has 0 aliphatic carbocycles. The third-order valence-electron chi connectivity index (χ3n) is 5.09. The van der Waals surface area contributed by atoms with E-state index >= 15 is 0 Å². The molecule has 3 rings (SSSR count). The highest BCUT2D eigenvalue weighted by Gasteiger charge is 2.19. The van der Waals surface area contributed by atoms with Gasteiger partial charge in [-0.05, 0) is 44.7 Å². The van der Waals surface area contributed by atoms with Crippen LogP contribution in [0.15, 0.2) is 34.3 Å². The SMILES string of the molecule is CSc1nc2nc(C)c(CC(=O)NC(C)c3ccc(S(=O)(=O)N(C)C)cc3)c(C)n2n1. The summed E-state index contributed by atoms with van der Waals surface area (Å²) in [4.78, 5) is 21.8. The second kappa shape index (κ2) is 8.93. The zero-order valence-electron chi connectivity index (χ0n) is 18.4. The summed E-state index contributed by atoms with van der Waals surface area (Å²) in [7, 11) is -0.508. The molecule has 11 heteroatoms. The van der Waals surface area contributed by atoms with Crippen LogP contribution in [0.3, 0.4) is 0 Å². The summed E-state index contributed by atoms with van der Waals surface area (Å²) in [6, 6.07) is 6.24. The average molecular weight is 463 g/mol. The number of nitrogens with one attached hydrogen (secondary N) is 1. The van der Waals surface area contributed by atoms with Crippen molar-refractivity contribution in [3.8, 4) is 0 Å². The fourth-order valence-corrected chi connectivity index (χ4v) is 4.45. The minimum Gasteiger partial charge on any atom is -0.349 e. The standard InChI is InChI=1S/C20H26N6O3S2/c1-12(15-7-9-16(10-8-15)31(28,29)25(4)5)21-18(27)11-17-13(2)22-19-23-20(30-6)24-26(19)14(17)3/h7-10,12H,11H2,1-6H3,(H,21,27). The highest BCUT2D eigenvalue weighted by molar-refractivity contribution is 7.98. The minimum absolute atomic E-state index is 0.157. The topological polar surface area (TPSA) is 110 Å². The number of nitrogens with zero attached hydrogens (tertiary/aromatic N) is 5. The Kier molecular flexibility index (Phi) is 6.68. The number of sulfonamides is 1. The van der Waals surface area contributed by atoms with Gasteiger partial charge < -0.3 is 5.32 Å². The van der Waals surface area contributed by atoms with Crippen molar-refractivity contribution in [3.05, 3.63) is 46.8 Å². The summed E-state index contributed by atoms with van der Waals surface area (Å²) in [5.41, 5.74) is 3.19. The van der Waals surface area contributed by atoms with E-state index in [2.05, 4.69) is 20.4 Å². The lowest BCUT2D eigenvalue weighted by molar-refractivity contribution is -0.121. The number of benzene rings is 1. The van der Waals surface area contributed by atoms with Crippen molar-refractivity contribution in [2.24, 2.45) is 0 Å². The molecule has 1 unspecified atom stereocenters. The molecule has 0 radical (unpaired) electrons. The highest BCUT2D eigenvalue weighted by Crippen LogP contribution is 2.20. The fraction of sp³-hybridized carbons (Fsp3) is 0.400. The first-order chi connectivity index (χ1) is 14.5. The number of thioether (sulfide) groups is 1. The monoisotopic (exact) mass is 462 g/mol. The summed E-state index contributed by atoms with van der Waals surface area (Å²) in [6.45, 7) is 5.61. The number of carbonyl (C=O) groups excluding carboxylic acids is 1. The van der Waals surface area contributed by atoms with Crippen LogP contribution in [-0.2, 0) is 21.2 Å². The van der Waals surface area contributed by atoms with E-state index < -0.39 is 10.0 Å². The first-order valence-electron chi connectivity index (χ1n) is 9.63. The van der Waals surface area contributed by atoms with Crippen LogP contribution in [-0.4, -0.2) is 58.6 Å². The summed E-state index contributed by atoms with van der Waals surface area (Å²) < 4.78 is 27.2. The van der Waals surface area contributed by atoms with Gasteiger partial charge in [-0.2, -0.15) is 4.98 Å². The second-order valence-corrected chi connectivity index (χ2v) is 10.3. The summed E-state index contributed by atoms with van der Waals surface area (Å²) >= 11 is 1.44. The van der Waals surface area contributed by atoms with Crippen molar-refractivity contribution in [1.29, 1.82) is 0 Å². The van der Waals surface area contributed by atoms with Gasteiger partial charge in [0.1, 0.15) is 0 Å². The summed E-state index contributed by atoms with van der Waals surface area (Å²) in [5, 5.41) is 8.01. The van der Waals surface area contributed by atoms with E-state index in [1.165, 1.54) is 30.2 Å². The molecule has 31 heavy (non-hydrogen) atoms. The van der Waals surface area contributed by atoms with Crippen LogP contribution in [0.4, 0.5) is 0 Å². The smallest absolute Gasteiger partial charge is 0.253 e. The molecular formula is C20H26N6O3S2. The predicted molar refractivity (Wildman–Crippen MR) is 120 cm³/mol. The highest BCUT2D eigenvalue weighted by atomic mass is 32.2. The molecule has 0 aliphatic rings. The first-order valence-corrected chi connectivity index (χ1v) is 12.3. The van der Waals surface area contributed by atoms with Gasteiger partial charge in [-0.3, -0.25) is 4.79 Å². The maximum absolute atomic E-state index is 12.7. The Hall–Kier alpha value is -2.50. The molecule has 0 spiro atoms. The van der Waals surface area contributed by atoms with Gasteiger partial charge in [-0.15, -0.1) is 5.10 Å². The van der Waals surface area contributed by atoms with Crippen molar-refractivity contribution in [1.82, 2.24) is 29.2 Å². The molecule has 1 amide bonds. The number of amides is 1. The van der Waals surface area contributed by atoms with Gasteiger partial charge in [0.05, 0.1) is 17.4 Å². The van der Waals surface area contributed by atoms with Crippen molar-refractivity contribution in [2.45, 2.75) is 43.3 Å². The molecule has 0 saturated heterocycles. The van der Waals surface area contributed by atoms with Crippen molar-refractivity contribution < 1.29 is 13.2 Å². The largest absolute Gasteiger partial charge is 0.349 e. The molecule has 1 aromatic carbocycles. The van der Waals surface area contributed by atoms with Gasteiger partial charge in [-0.1, -0.05) is 23.9 Å². The van der Waals surface area contributed by atoms with Gasteiger partial charge in [0.25, 0.3) is 5.78 Å². The van der Waals surface area contributed by atoms with Crippen LogP contribution in [0, 0.1) is 13.8 Å². The Labute approximate surface area is 186 Å². The number of aromatic nitrogens is 4. The van der Waals surface area contributed by atoms with E-state index in [0.717, 1.165) is 22.5 Å². The number of aryl methyl sites for hydroxylation is 2. The Morgan fingerprint density at radius 1 is 1.19 bits per heavy atom. The van der Waals surface area contributed by atoms with E-state index in [1.54, 1.807) is 28.8 Å².